The van der Waals surface area contributed by atoms with Crippen molar-refractivity contribution in [1.29, 1.82) is 0 Å². The van der Waals surface area contributed by atoms with Crippen molar-refractivity contribution in [3.8, 4) is 0 Å². The lowest BCUT2D eigenvalue weighted by Gasteiger charge is -2.24. The number of hydrogen-bond acceptors (Lipinski definition) is 4. The highest BCUT2D eigenvalue weighted by atomic mass is 31.2. The smallest absolute Gasteiger partial charge is 0.469 e. The lowest BCUT2D eigenvalue weighted by Crippen LogP contribution is -2.22. The highest BCUT2D eigenvalue weighted by Crippen LogP contribution is 2.36. The molecular formula is C12H17O7P. The lowest BCUT2D eigenvalue weighted by atomic mass is 9.79. The molecule has 0 bridgehead atoms. The largest absolute Gasteiger partial charge is 0.481 e. The van der Waals surface area contributed by atoms with Crippen LogP contribution in [0, 0.1) is 11.3 Å². The molecular weight excluding hydrogens is 287 g/mol. The molecule has 112 valence electrons. The number of phosphoric ester groups is 1. The van der Waals surface area contributed by atoms with Gasteiger partial charge in [-0.1, -0.05) is 24.3 Å². The number of aliphatic carboxylic acids is 1. The van der Waals surface area contributed by atoms with E-state index in [0.29, 0.717) is 19.3 Å². The zero-order valence-corrected chi connectivity index (χ0v) is 11.6. The molecule has 0 aromatic carbocycles. The summed E-state index contributed by atoms with van der Waals surface area (Å²) in [6.45, 7) is -0.0929. The molecule has 1 aliphatic rings. The summed E-state index contributed by atoms with van der Waals surface area (Å²) < 4.78 is 14.8. The predicted molar refractivity (Wildman–Crippen MR) is 69.7 cm³/mol. The van der Waals surface area contributed by atoms with Crippen LogP contribution in [0.1, 0.15) is 19.3 Å². The van der Waals surface area contributed by atoms with Crippen molar-refractivity contribution < 1.29 is 33.6 Å². The van der Waals surface area contributed by atoms with Gasteiger partial charge in [0.1, 0.15) is 6.29 Å². The highest BCUT2D eigenvalue weighted by molar-refractivity contribution is 7.46. The van der Waals surface area contributed by atoms with Crippen LogP contribution in [0.25, 0.3) is 0 Å². The number of carboxylic acid groups (broad SMARTS) is 1. The van der Waals surface area contributed by atoms with Gasteiger partial charge in [0.25, 0.3) is 0 Å². The zero-order chi connectivity index (χ0) is 15.2. The second-order valence-corrected chi connectivity index (χ2v) is 5.83. The average Bonchev–Trinajstić information content (AvgIpc) is 2.37. The van der Waals surface area contributed by atoms with Crippen LogP contribution < -0.4 is 0 Å². The highest BCUT2D eigenvalue weighted by Gasteiger charge is 2.28. The summed E-state index contributed by atoms with van der Waals surface area (Å²) >= 11 is 0. The number of carbonyl (C=O) groups is 2. The molecule has 8 heteroatoms. The molecule has 0 saturated heterocycles. The molecule has 0 heterocycles. The maximum Gasteiger partial charge on any atom is 0.469 e. The van der Waals surface area contributed by atoms with Crippen LogP contribution in [0.5, 0.6) is 0 Å². The first-order chi connectivity index (χ1) is 9.28. The summed E-state index contributed by atoms with van der Waals surface area (Å²) in [5, 5.41) is 8.82. The molecule has 7 nitrogen and oxygen atoms in total. The normalized spacial score (nSPS) is 25.6. The molecule has 0 atom stereocenters. The van der Waals surface area contributed by atoms with Gasteiger partial charge in [0.05, 0.1) is 17.9 Å². The number of unbranched alkanes of at least 4 members (excludes halogenated alkanes) is 1. The summed E-state index contributed by atoms with van der Waals surface area (Å²) in [6, 6.07) is 0. The first kappa shape index (κ1) is 16.8. The van der Waals surface area contributed by atoms with Crippen molar-refractivity contribution in [3.05, 3.63) is 24.3 Å². The van der Waals surface area contributed by atoms with E-state index in [2.05, 4.69) is 4.52 Å². The van der Waals surface area contributed by atoms with Crippen molar-refractivity contribution in [2.45, 2.75) is 19.3 Å². The summed E-state index contributed by atoms with van der Waals surface area (Å²) in [5.41, 5.74) is -0.839. The van der Waals surface area contributed by atoms with Crippen LogP contribution in [-0.2, 0) is 18.7 Å². The fraction of sp³-hybridized carbons (Fsp3) is 0.500. The summed E-state index contributed by atoms with van der Waals surface area (Å²) in [6.07, 6.45) is 8.12. The van der Waals surface area contributed by atoms with Crippen molar-refractivity contribution in [3.63, 3.8) is 0 Å². The van der Waals surface area contributed by atoms with Crippen LogP contribution in [0.2, 0.25) is 0 Å². The number of carbonyl (C=O) groups excluding carboxylic acids is 1. The summed E-state index contributed by atoms with van der Waals surface area (Å²) in [5.74, 6) is -1.70. The Morgan fingerprint density at radius 3 is 2.35 bits per heavy atom. The van der Waals surface area contributed by atoms with E-state index >= 15 is 0 Å². The third-order valence-electron chi connectivity index (χ3n) is 3.00. The molecule has 0 spiro atoms. The van der Waals surface area contributed by atoms with Crippen molar-refractivity contribution in [1.82, 2.24) is 0 Å². The number of phosphoric acid groups is 1. The van der Waals surface area contributed by atoms with Gasteiger partial charge in [0, 0.05) is 0 Å². The molecule has 0 saturated carbocycles. The number of aldehydes is 1. The number of allylic oxidation sites excluding steroid dienone is 2. The van der Waals surface area contributed by atoms with Crippen LogP contribution in [0.4, 0.5) is 0 Å². The molecule has 0 unspecified atom stereocenters. The standard InChI is InChI=1S/C12H17O7P/c13-9-12(5-1-2-8-19-20(16,17)18)6-3-10(4-7-12)11(14)15/h3-4,6-7,9-10H,1-2,5,8H2,(H,14,15)(H2,16,17,18). The van der Waals surface area contributed by atoms with Crippen molar-refractivity contribution >= 4 is 20.1 Å². The van der Waals surface area contributed by atoms with Crippen molar-refractivity contribution in [2.24, 2.45) is 11.3 Å². The molecule has 3 N–H and O–H groups in total. The fourth-order valence-corrected chi connectivity index (χ4v) is 2.24. The van der Waals surface area contributed by atoms with E-state index in [1.165, 1.54) is 12.2 Å². The van der Waals surface area contributed by atoms with Gasteiger partial charge in [0.15, 0.2) is 0 Å². The SMILES string of the molecule is O=CC1(CCCCOP(=O)(O)O)C=CC(C(=O)O)C=C1. The zero-order valence-electron chi connectivity index (χ0n) is 10.7. The third-order valence-corrected chi connectivity index (χ3v) is 3.51. The van der Waals surface area contributed by atoms with E-state index in [0.717, 1.165) is 6.29 Å². The van der Waals surface area contributed by atoms with Gasteiger partial charge in [-0.3, -0.25) is 9.32 Å². The first-order valence-electron chi connectivity index (χ1n) is 6.06. The molecule has 1 aliphatic carbocycles. The molecule has 0 aromatic rings. The topological polar surface area (TPSA) is 121 Å². The Morgan fingerprint density at radius 2 is 1.90 bits per heavy atom. The van der Waals surface area contributed by atoms with Crippen molar-refractivity contribution in [2.75, 3.05) is 6.61 Å². The van der Waals surface area contributed by atoms with Crippen LogP contribution >= 0.6 is 7.82 Å². The van der Waals surface area contributed by atoms with Gasteiger partial charge in [-0.25, -0.2) is 4.57 Å². The molecule has 0 aliphatic heterocycles. The van der Waals surface area contributed by atoms with E-state index in [-0.39, 0.29) is 6.61 Å². The Labute approximate surface area is 116 Å². The predicted octanol–water partition coefficient (Wildman–Crippen LogP) is 1.28. The second-order valence-electron chi connectivity index (χ2n) is 4.59. The Balaban J connectivity index is 2.43. The van der Waals surface area contributed by atoms with E-state index in [1.807, 2.05) is 0 Å². The van der Waals surface area contributed by atoms with Crippen LogP contribution in [-0.4, -0.2) is 33.8 Å². The van der Waals surface area contributed by atoms with Gasteiger partial charge in [0.2, 0.25) is 0 Å². The fourth-order valence-electron chi connectivity index (χ4n) is 1.87. The Kier molecular flexibility index (Phi) is 5.83. The average molecular weight is 304 g/mol. The van der Waals surface area contributed by atoms with Gasteiger partial charge >= 0.3 is 13.8 Å². The number of rotatable bonds is 8. The third kappa shape index (κ3) is 5.38. The lowest BCUT2D eigenvalue weighted by molar-refractivity contribution is -0.138. The van der Waals surface area contributed by atoms with Gasteiger partial charge < -0.3 is 19.7 Å². The van der Waals surface area contributed by atoms with E-state index in [9.17, 15) is 14.2 Å². The van der Waals surface area contributed by atoms with Gasteiger partial charge in [-0.2, -0.15) is 0 Å². The van der Waals surface area contributed by atoms with E-state index in [1.54, 1.807) is 12.2 Å². The molecule has 0 aromatic heterocycles. The molecule has 20 heavy (non-hydrogen) atoms. The minimum Gasteiger partial charge on any atom is -0.481 e. The minimum absolute atomic E-state index is 0.0929. The quantitative estimate of drug-likeness (QED) is 0.267. The molecule has 1 rings (SSSR count). The summed E-state index contributed by atoms with van der Waals surface area (Å²) in [7, 11) is -4.44. The summed E-state index contributed by atoms with van der Waals surface area (Å²) in [4.78, 5) is 38.9. The van der Waals surface area contributed by atoms with Gasteiger partial charge in [-0.15, -0.1) is 0 Å². The first-order valence-corrected chi connectivity index (χ1v) is 7.59. The van der Waals surface area contributed by atoms with Gasteiger partial charge in [-0.05, 0) is 19.3 Å². The van der Waals surface area contributed by atoms with Crippen LogP contribution in [0.15, 0.2) is 24.3 Å². The Morgan fingerprint density at radius 1 is 1.30 bits per heavy atom. The minimum atomic E-state index is -4.44. The van der Waals surface area contributed by atoms with E-state index in [4.69, 9.17) is 14.9 Å². The molecule has 0 fully saturated rings. The molecule has 0 amide bonds. The number of hydrogen-bond donors (Lipinski definition) is 3. The monoisotopic (exact) mass is 304 g/mol. The van der Waals surface area contributed by atoms with E-state index < -0.39 is 25.1 Å². The molecule has 0 radical (unpaired) electrons. The van der Waals surface area contributed by atoms with Crippen LogP contribution in [0.3, 0.4) is 0 Å². The second kappa shape index (κ2) is 6.95. The Bertz CT molecular complexity index is 448. The number of carboxylic acids is 1. The Hall–Kier alpha value is -1.27. The maximum absolute atomic E-state index is 11.2. The maximum atomic E-state index is 11.2.